The first kappa shape index (κ1) is 15.4. The Balaban J connectivity index is 2.10. The molecule has 0 radical (unpaired) electrons. The summed E-state index contributed by atoms with van der Waals surface area (Å²) in [7, 11) is 1.49. The van der Waals surface area contributed by atoms with E-state index in [0.717, 1.165) is 0 Å². The van der Waals surface area contributed by atoms with Gasteiger partial charge in [0.2, 0.25) is 0 Å². The zero-order valence-electron chi connectivity index (χ0n) is 10.9. The van der Waals surface area contributed by atoms with E-state index in [1.807, 2.05) is 0 Å². The first-order chi connectivity index (χ1) is 10.0. The van der Waals surface area contributed by atoms with Crippen LogP contribution in [0.25, 0.3) is 0 Å². The molecular formula is C14H11Cl2FN2O2. The van der Waals surface area contributed by atoms with Crippen molar-refractivity contribution in [2.75, 3.05) is 17.7 Å². The highest BCUT2D eigenvalue weighted by atomic mass is 35.5. The molecule has 0 aromatic heterocycles. The first-order valence-corrected chi connectivity index (χ1v) is 6.62. The van der Waals surface area contributed by atoms with Crippen molar-refractivity contribution >= 4 is 40.6 Å². The number of anilines is 2. The van der Waals surface area contributed by atoms with Crippen molar-refractivity contribution in [1.82, 2.24) is 0 Å². The van der Waals surface area contributed by atoms with Crippen LogP contribution in [0.4, 0.5) is 20.6 Å². The van der Waals surface area contributed by atoms with Gasteiger partial charge in [0.05, 0.1) is 22.8 Å². The SMILES string of the molecule is COc1ccc(NC(=O)Nc2c(F)cccc2Cl)cc1Cl. The predicted molar refractivity (Wildman–Crippen MR) is 82.1 cm³/mol. The second-order valence-corrected chi connectivity index (χ2v) is 4.84. The number of hydrogen-bond donors (Lipinski definition) is 2. The predicted octanol–water partition coefficient (Wildman–Crippen LogP) is 4.79. The zero-order chi connectivity index (χ0) is 15.4. The number of urea groups is 1. The largest absolute Gasteiger partial charge is 0.495 e. The molecule has 110 valence electrons. The molecule has 0 unspecified atom stereocenters. The Bertz CT molecular complexity index is 660. The smallest absolute Gasteiger partial charge is 0.323 e. The van der Waals surface area contributed by atoms with Crippen LogP contribution < -0.4 is 15.4 Å². The van der Waals surface area contributed by atoms with Crippen LogP contribution in [-0.4, -0.2) is 13.1 Å². The third-order valence-electron chi connectivity index (χ3n) is 2.61. The molecule has 4 nitrogen and oxygen atoms in total. The standard InChI is InChI=1S/C14H11Cl2FN2O2/c1-21-12-6-5-8(7-10(12)16)18-14(20)19-13-9(15)3-2-4-11(13)17/h2-7H,1H3,(H2,18,19,20). The van der Waals surface area contributed by atoms with E-state index in [-0.39, 0.29) is 10.7 Å². The number of methoxy groups -OCH3 is 1. The number of rotatable bonds is 3. The number of nitrogens with one attached hydrogen (secondary N) is 2. The molecule has 2 aromatic carbocycles. The Kier molecular flexibility index (Phi) is 4.88. The molecule has 0 aliphatic rings. The summed E-state index contributed by atoms with van der Waals surface area (Å²) in [4.78, 5) is 11.8. The Hall–Kier alpha value is -1.98. The summed E-state index contributed by atoms with van der Waals surface area (Å²) >= 11 is 11.8. The third-order valence-corrected chi connectivity index (χ3v) is 3.22. The van der Waals surface area contributed by atoms with Crippen LogP contribution in [0.2, 0.25) is 10.0 Å². The van der Waals surface area contributed by atoms with Crippen molar-refractivity contribution in [3.05, 3.63) is 52.3 Å². The summed E-state index contributed by atoms with van der Waals surface area (Å²) in [5.41, 5.74) is 0.349. The van der Waals surface area contributed by atoms with Crippen LogP contribution in [0.3, 0.4) is 0 Å². The molecule has 0 spiro atoms. The van der Waals surface area contributed by atoms with Crippen LogP contribution in [-0.2, 0) is 0 Å². The van der Waals surface area contributed by atoms with Crippen molar-refractivity contribution in [2.24, 2.45) is 0 Å². The number of para-hydroxylation sites is 1. The minimum atomic E-state index is -0.636. The fourth-order valence-corrected chi connectivity index (χ4v) is 2.11. The summed E-state index contributed by atoms with van der Waals surface area (Å²) in [6, 6.07) is 8.22. The lowest BCUT2D eigenvalue weighted by Crippen LogP contribution is -2.20. The van der Waals surface area contributed by atoms with Gasteiger partial charge in [-0.2, -0.15) is 0 Å². The number of carbonyl (C=O) groups is 1. The summed E-state index contributed by atoms with van der Waals surface area (Å²) in [6.07, 6.45) is 0. The summed E-state index contributed by atoms with van der Waals surface area (Å²) in [6.45, 7) is 0. The Labute approximate surface area is 130 Å². The first-order valence-electron chi connectivity index (χ1n) is 5.87. The van der Waals surface area contributed by atoms with Gasteiger partial charge >= 0.3 is 6.03 Å². The molecule has 7 heteroatoms. The highest BCUT2D eigenvalue weighted by Crippen LogP contribution is 2.28. The molecule has 2 rings (SSSR count). The average molecular weight is 329 g/mol. The second kappa shape index (κ2) is 6.65. The quantitative estimate of drug-likeness (QED) is 0.851. The van der Waals surface area contributed by atoms with Crippen molar-refractivity contribution in [3.8, 4) is 5.75 Å². The van der Waals surface area contributed by atoms with Crippen LogP contribution in [0.1, 0.15) is 0 Å². The Morgan fingerprint density at radius 3 is 2.52 bits per heavy atom. The summed E-state index contributed by atoms with van der Waals surface area (Å²) in [5.74, 6) is -0.134. The zero-order valence-corrected chi connectivity index (χ0v) is 12.4. The second-order valence-electron chi connectivity index (χ2n) is 4.03. The number of benzene rings is 2. The number of halogens is 3. The Morgan fingerprint density at radius 2 is 1.90 bits per heavy atom. The molecule has 2 N–H and O–H groups in total. The van der Waals surface area contributed by atoms with Gasteiger partial charge in [0.25, 0.3) is 0 Å². The molecule has 0 saturated carbocycles. The summed E-state index contributed by atoms with van der Waals surface area (Å²) in [5, 5.41) is 5.32. The van der Waals surface area contributed by atoms with E-state index in [1.165, 1.54) is 31.4 Å². The van der Waals surface area contributed by atoms with E-state index in [0.29, 0.717) is 16.5 Å². The Morgan fingerprint density at radius 1 is 1.14 bits per heavy atom. The van der Waals surface area contributed by atoms with E-state index in [2.05, 4.69) is 10.6 Å². The van der Waals surface area contributed by atoms with Crippen molar-refractivity contribution < 1.29 is 13.9 Å². The van der Waals surface area contributed by atoms with E-state index in [4.69, 9.17) is 27.9 Å². The van der Waals surface area contributed by atoms with E-state index in [1.54, 1.807) is 12.1 Å². The summed E-state index contributed by atoms with van der Waals surface area (Å²) < 4.78 is 18.6. The molecule has 0 atom stereocenters. The van der Waals surface area contributed by atoms with Crippen LogP contribution in [0, 0.1) is 5.82 Å². The maximum atomic E-state index is 13.5. The molecule has 2 amide bonds. The maximum Gasteiger partial charge on any atom is 0.323 e. The highest BCUT2D eigenvalue weighted by molar-refractivity contribution is 6.34. The normalized spacial score (nSPS) is 10.1. The lowest BCUT2D eigenvalue weighted by molar-refractivity contribution is 0.262. The molecular weight excluding hydrogens is 318 g/mol. The van der Waals surface area contributed by atoms with E-state index in [9.17, 15) is 9.18 Å². The lowest BCUT2D eigenvalue weighted by Gasteiger charge is -2.11. The van der Waals surface area contributed by atoms with E-state index < -0.39 is 11.8 Å². The van der Waals surface area contributed by atoms with Gasteiger partial charge in [0, 0.05) is 5.69 Å². The van der Waals surface area contributed by atoms with Gasteiger partial charge in [-0.05, 0) is 30.3 Å². The number of ether oxygens (including phenoxy) is 1. The van der Waals surface area contributed by atoms with Gasteiger partial charge in [-0.15, -0.1) is 0 Å². The number of hydrogen-bond acceptors (Lipinski definition) is 2. The highest BCUT2D eigenvalue weighted by Gasteiger charge is 2.11. The van der Waals surface area contributed by atoms with Crippen molar-refractivity contribution in [2.45, 2.75) is 0 Å². The third kappa shape index (κ3) is 3.77. The van der Waals surface area contributed by atoms with E-state index >= 15 is 0 Å². The van der Waals surface area contributed by atoms with Crippen LogP contribution in [0.5, 0.6) is 5.75 Å². The number of amides is 2. The van der Waals surface area contributed by atoms with Crippen LogP contribution in [0.15, 0.2) is 36.4 Å². The fraction of sp³-hybridized carbons (Fsp3) is 0.0714. The minimum Gasteiger partial charge on any atom is -0.495 e. The van der Waals surface area contributed by atoms with Gasteiger partial charge in [-0.25, -0.2) is 9.18 Å². The molecule has 0 bridgehead atoms. The molecule has 0 saturated heterocycles. The molecule has 0 heterocycles. The van der Waals surface area contributed by atoms with Gasteiger partial charge in [-0.1, -0.05) is 29.3 Å². The molecule has 0 fully saturated rings. The molecule has 0 aliphatic heterocycles. The molecule has 0 aliphatic carbocycles. The van der Waals surface area contributed by atoms with Gasteiger partial charge in [0.1, 0.15) is 11.6 Å². The molecule has 2 aromatic rings. The maximum absolute atomic E-state index is 13.5. The monoisotopic (exact) mass is 328 g/mol. The lowest BCUT2D eigenvalue weighted by atomic mass is 10.3. The minimum absolute atomic E-state index is 0.0868. The fourth-order valence-electron chi connectivity index (χ4n) is 1.64. The van der Waals surface area contributed by atoms with Gasteiger partial charge < -0.3 is 15.4 Å². The average Bonchev–Trinajstić information content (AvgIpc) is 2.43. The number of carbonyl (C=O) groups excluding carboxylic acids is 1. The van der Waals surface area contributed by atoms with Crippen LogP contribution >= 0.6 is 23.2 Å². The van der Waals surface area contributed by atoms with Gasteiger partial charge in [-0.3, -0.25) is 0 Å². The topological polar surface area (TPSA) is 50.4 Å². The van der Waals surface area contributed by atoms with Crippen molar-refractivity contribution in [1.29, 1.82) is 0 Å². The van der Waals surface area contributed by atoms with Crippen molar-refractivity contribution in [3.63, 3.8) is 0 Å². The van der Waals surface area contributed by atoms with Gasteiger partial charge in [0.15, 0.2) is 0 Å². The molecule has 21 heavy (non-hydrogen) atoms.